The molecule has 4 rings (SSSR count). The van der Waals surface area contributed by atoms with Crippen LogP contribution in [0.2, 0.25) is 0 Å². The molecule has 26 heavy (non-hydrogen) atoms. The van der Waals surface area contributed by atoms with E-state index in [1.807, 2.05) is 13.0 Å². The van der Waals surface area contributed by atoms with E-state index in [0.29, 0.717) is 16.7 Å². The van der Waals surface area contributed by atoms with Gasteiger partial charge in [0, 0.05) is 5.92 Å². The van der Waals surface area contributed by atoms with Gasteiger partial charge in [0.2, 0.25) is 0 Å². The smallest absolute Gasteiger partial charge is 0.338 e. The number of fused-ring (bicyclic) bond motifs is 1. The van der Waals surface area contributed by atoms with Crippen LogP contribution in [0.1, 0.15) is 29.9 Å². The highest BCUT2D eigenvalue weighted by Gasteiger charge is 2.36. The number of hydrogen-bond acceptors (Lipinski definition) is 8. The van der Waals surface area contributed by atoms with E-state index < -0.39 is 0 Å². The largest absolute Gasteiger partial charge is 0.459 e. The van der Waals surface area contributed by atoms with Crippen molar-refractivity contribution in [2.75, 3.05) is 12.3 Å². The van der Waals surface area contributed by atoms with Gasteiger partial charge in [0.25, 0.3) is 0 Å². The molecule has 0 bridgehead atoms. The molecule has 9 heteroatoms. The first-order valence-electron chi connectivity index (χ1n) is 8.32. The summed E-state index contributed by atoms with van der Waals surface area (Å²) in [6, 6.07) is 8.88. The lowest BCUT2D eigenvalue weighted by Crippen LogP contribution is -2.20. The van der Waals surface area contributed by atoms with Gasteiger partial charge in [0.15, 0.2) is 23.2 Å². The van der Waals surface area contributed by atoms with Crippen LogP contribution in [-0.4, -0.2) is 43.6 Å². The van der Waals surface area contributed by atoms with Gasteiger partial charge >= 0.3 is 5.97 Å². The number of benzene rings is 1. The number of nitrogens with two attached hydrogens (primary N) is 1. The quantitative estimate of drug-likeness (QED) is 0.702. The highest BCUT2D eigenvalue weighted by atomic mass is 16.6. The summed E-state index contributed by atoms with van der Waals surface area (Å²) in [6.45, 7) is 2.22. The summed E-state index contributed by atoms with van der Waals surface area (Å²) >= 11 is 0. The van der Waals surface area contributed by atoms with Crippen LogP contribution in [0.3, 0.4) is 0 Å². The van der Waals surface area contributed by atoms with E-state index in [2.05, 4.69) is 20.3 Å². The second-order valence-corrected chi connectivity index (χ2v) is 6.29. The number of anilines is 1. The number of esters is 1. The molecule has 2 N–H and O–H groups in total. The zero-order valence-corrected chi connectivity index (χ0v) is 14.1. The maximum Gasteiger partial charge on any atom is 0.338 e. The molecule has 0 radical (unpaired) electrons. The molecule has 1 aliphatic heterocycles. The molecule has 0 unspecified atom stereocenters. The predicted octanol–water partition coefficient (Wildman–Crippen LogP) is 1.58. The fraction of sp³-hybridized carbons (Fsp3) is 0.353. The molecule has 0 aliphatic carbocycles. The number of ether oxygens (including phenoxy) is 2. The van der Waals surface area contributed by atoms with Crippen LogP contribution in [-0.2, 0) is 9.47 Å². The Bertz CT molecular complexity index is 929. The van der Waals surface area contributed by atoms with Gasteiger partial charge in [-0.25, -0.2) is 14.8 Å². The fourth-order valence-corrected chi connectivity index (χ4v) is 3.10. The van der Waals surface area contributed by atoms with Crippen LogP contribution in [0.25, 0.3) is 11.2 Å². The summed E-state index contributed by atoms with van der Waals surface area (Å²) in [7, 11) is 0. The van der Waals surface area contributed by atoms with E-state index in [1.54, 1.807) is 28.9 Å². The normalized spacial score (nSPS) is 22.6. The van der Waals surface area contributed by atoms with E-state index in [-0.39, 0.29) is 36.6 Å². The Morgan fingerprint density at radius 2 is 2.15 bits per heavy atom. The van der Waals surface area contributed by atoms with Crippen LogP contribution >= 0.6 is 0 Å². The highest BCUT2D eigenvalue weighted by molar-refractivity contribution is 5.89. The van der Waals surface area contributed by atoms with Crippen molar-refractivity contribution in [3.05, 3.63) is 42.2 Å². The van der Waals surface area contributed by atoms with E-state index in [0.717, 1.165) is 6.42 Å². The topological polar surface area (TPSA) is 118 Å². The Hall–Kier alpha value is -3.07. The molecular weight excluding hydrogens is 336 g/mol. The van der Waals surface area contributed by atoms with Crippen LogP contribution in [0.15, 0.2) is 36.7 Å². The van der Waals surface area contributed by atoms with Crippen molar-refractivity contribution >= 4 is 23.0 Å². The number of nitrogens with zero attached hydrogens (tertiary/aromatic N) is 5. The second kappa shape index (κ2) is 6.68. The van der Waals surface area contributed by atoms with Gasteiger partial charge in [-0.15, -0.1) is 5.10 Å². The van der Waals surface area contributed by atoms with E-state index in [4.69, 9.17) is 15.2 Å². The Balaban J connectivity index is 1.44. The van der Waals surface area contributed by atoms with Crippen molar-refractivity contribution < 1.29 is 14.3 Å². The minimum atomic E-state index is -0.364. The van der Waals surface area contributed by atoms with Crippen molar-refractivity contribution in [2.45, 2.75) is 25.7 Å². The Morgan fingerprint density at radius 1 is 1.35 bits per heavy atom. The van der Waals surface area contributed by atoms with E-state index in [1.165, 1.54) is 6.33 Å². The molecule has 0 saturated carbocycles. The zero-order chi connectivity index (χ0) is 18.1. The highest BCUT2D eigenvalue weighted by Crippen LogP contribution is 2.35. The first-order chi connectivity index (χ1) is 12.6. The first-order valence-corrected chi connectivity index (χ1v) is 8.32. The minimum Gasteiger partial charge on any atom is -0.459 e. The maximum absolute atomic E-state index is 12.1. The Morgan fingerprint density at radius 3 is 2.96 bits per heavy atom. The lowest BCUT2D eigenvalue weighted by atomic mass is 10.1. The third kappa shape index (κ3) is 2.97. The number of carbonyl (C=O) groups is 1. The van der Waals surface area contributed by atoms with E-state index in [9.17, 15) is 4.79 Å². The number of carbonyl (C=O) groups excluding carboxylic acids is 1. The van der Waals surface area contributed by atoms with Crippen molar-refractivity contribution in [2.24, 2.45) is 5.92 Å². The van der Waals surface area contributed by atoms with Crippen LogP contribution in [0, 0.1) is 5.92 Å². The first kappa shape index (κ1) is 16.4. The number of nitrogen functional groups attached to an aromatic ring is 1. The molecule has 1 aromatic carbocycles. The number of rotatable bonds is 4. The SMILES string of the molecule is C[C@H]1C[C@@H](COC(=O)c2ccccc2)O[C@H]1n1nnc2c(N)ncnc21. The summed E-state index contributed by atoms with van der Waals surface area (Å²) in [6.07, 6.45) is 1.53. The van der Waals surface area contributed by atoms with Crippen molar-refractivity contribution in [1.82, 2.24) is 25.0 Å². The van der Waals surface area contributed by atoms with Gasteiger partial charge in [-0.3, -0.25) is 0 Å². The van der Waals surface area contributed by atoms with Gasteiger partial charge in [0.05, 0.1) is 11.7 Å². The van der Waals surface area contributed by atoms with Gasteiger partial charge in [-0.2, -0.15) is 4.68 Å². The Labute approximate surface area is 149 Å². The molecule has 0 spiro atoms. The monoisotopic (exact) mass is 354 g/mol. The summed E-state index contributed by atoms with van der Waals surface area (Å²) in [5.41, 5.74) is 7.29. The average Bonchev–Trinajstić information content (AvgIpc) is 3.24. The third-order valence-corrected chi connectivity index (χ3v) is 4.39. The molecule has 2 aromatic heterocycles. The predicted molar refractivity (Wildman–Crippen MR) is 91.9 cm³/mol. The average molecular weight is 354 g/mol. The summed E-state index contributed by atoms with van der Waals surface area (Å²) in [5.74, 6) is 0.0637. The van der Waals surface area contributed by atoms with Crippen molar-refractivity contribution in [1.29, 1.82) is 0 Å². The van der Waals surface area contributed by atoms with Gasteiger partial charge in [-0.1, -0.05) is 30.3 Å². The molecule has 3 heterocycles. The van der Waals surface area contributed by atoms with Crippen LogP contribution in [0.5, 0.6) is 0 Å². The lowest BCUT2D eigenvalue weighted by Gasteiger charge is -2.16. The van der Waals surface area contributed by atoms with Gasteiger partial charge in [-0.05, 0) is 18.6 Å². The van der Waals surface area contributed by atoms with Crippen LogP contribution < -0.4 is 5.73 Å². The summed E-state index contributed by atoms with van der Waals surface area (Å²) in [5, 5.41) is 8.15. The second-order valence-electron chi connectivity index (χ2n) is 6.29. The van der Waals surface area contributed by atoms with Gasteiger partial charge in [0.1, 0.15) is 12.9 Å². The summed E-state index contributed by atoms with van der Waals surface area (Å²) in [4.78, 5) is 20.2. The third-order valence-electron chi connectivity index (χ3n) is 4.39. The molecule has 1 fully saturated rings. The van der Waals surface area contributed by atoms with Crippen molar-refractivity contribution in [3.8, 4) is 0 Å². The lowest BCUT2D eigenvalue weighted by molar-refractivity contribution is -0.0433. The molecule has 3 atom stereocenters. The zero-order valence-electron chi connectivity index (χ0n) is 14.1. The molecule has 134 valence electrons. The minimum absolute atomic E-state index is 0.150. The van der Waals surface area contributed by atoms with Crippen LogP contribution in [0.4, 0.5) is 5.82 Å². The molecular formula is C17H18N6O3. The standard InChI is InChI=1S/C17H18N6O3/c1-10-7-12(8-25-17(24)11-5-3-2-4-6-11)26-16(10)23-15-13(21-22-23)14(18)19-9-20-15/h2-6,9-10,12,16H,7-8H2,1H3,(H2,18,19,20)/t10-,12-,16+/m0/s1. The molecule has 0 amide bonds. The van der Waals surface area contributed by atoms with Gasteiger partial charge < -0.3 is 15.2 Å². The van der Waals surface area contributed by atoms with Crippen molar-refractivity contribution in [3.63, 3.8) is 0 Å². The molecule has 1 saturated heterocycles. The molecule has 3 aromatic rings. The summed E-state index contributed by atoms with van der Waals surface area (Å²) < 4.78 is 13.0. The number of aromatic nitrogens is 5. The number of hydrogen-bond donors (Lipinski definition) is 1. The molecule has 9 nitrogen and oxygen atoms in total. The molecule has 1 aliphatic rings. The fourth-order valence-electron chi connectivity index (χ4n) is 3.10. The maximum atomic E-state index is 12.1. The van der Waals surface area contributed by atoms with E-state index >= 15 is 0 Å². The Kier molecular flexibility index (Phi) is 4.21.